The third-order valence-electron chi connectivity index (χ3n) is 4.24. The predicted molar refractivity (Wildman–Crippen MR) is 105 cm³/mol. The van der Waals surface area contributed by atoms with E-state index in [1.54, 1.807) is 19.4 Å². The minimum Gasteiger partial charge on any atom is -0.496 e. The monoisotopic (exact) mass is 384 g/mol. The summed E-state index contributed by atoms with van der Waals surface area (Å²) in [6.45, 7) is 0.324. The minimum atomic E-state index is -0.465. The van der Waals surface area contributed by atoms with Gasteiger partial charge in [-0.3, -0.25) is 0 Å². The maximum Gasteiger partial charge on any atom is 0.315 e. The number of amides is 2. The number of aryl methyl sites for hydroxylation is 1. The average molecular weight is 385 g/mol. The van der Waals surface area contributed by atoms with Crippen LogP contribution in [0.2, 0.25) is 5.02 Å². The van der Waals surface area contributed by atoms with Crippen molar-refractivity contribution in [2.24, 2.45) is 7.05 Å². The van der Waals surface area contributed by atoms with Crippen molar-refractivity contribution in [3.05, 3.63) is 82.9 Å². The van der Waals surface area contributed by atoms with Crippen molar-refractivity contribution in [3.63, 3.8) is 0 Å². The van der Waals surface area contributed by atoms with Gasteiger partial charge in [0, 0.05) is 36.6 Å². The average Bonchev–Trinajstić information content (AvgIpc) is 3.11. The van der Waals surface area contributed by atoms with Gasteiger partial charge in [0.05, 0.1) is 7.11 Å². The molecular formula is C20H21ClN4O2. The van der Waals surface area contributed by atoms with Gasteiger partial charge in [-0.05, 0) is 17.7 Å². The van der Waals surface area contributed by atoms with E-state index in [1.165, 1.54) is 0 Å². The van der Waals surface area contributed by atoms with E-state index >= 15 is 0 Å². The summed E-state index contributed by atoms with van der Waals surface area (Å²) in [5.41, 5.74) is 1.67. The summed E-state index contributed by atoms with van der Waals surface area (Å²) in [7, 11) is 3.49. The Kier molecular flexibility index (Phi) is 5.98. The largest absolute Gasteiger partial charge is 0.496 e. The lowest BCUT2D eigenvalue weighted by Gasteiger charge is -2.21. The summed E-state index contributed by atoms with van der Waals surface area (Å²) >= 11 is 6.15. The van der Waals surface area contributed by atoms with Crippen molar-refractivity contribution < 1.29 is 9.53 Å². The Morgan fingerprint density at radius 2 is 1.96 bits per heavy atom. The Hall–Kier alpha value is -2.99. The summed E-state index contributed by atoms with van der Waals surface area (Å²) in [6, 6.07) is 14.2. The zero-order chi connectivity index (χ0) is 19.2. The first-order valence-corrected chi connectivity index (χ1v) is 8.86. The van der Waals surface area contributed by atoms with Gasteiger partial charge in [0.15, 0.2) is 0 Å². The lowest BCUT2D eigenvalue weighted by molar-refractivity contribution is 0.237. The van der Waals surface area contributed by atoms with Crippen LogP contribution in [0.25, 0.3) is 0 Å². The molecule has 0 spiro atoms. The Balaban J connectivity index is 1.81. The number of methoxy groups -OCH3 is 1. The summed E-state index contributed by atoms with van der Waals surface area (Å²) < 4.78 is 7.33. The molecule has 0 saturated heterocycles. The number of carbonyl (C=O) groups is 1. The Morgan fingerprint density at radius 3 is 2.67 bits per heavy atom. The highest BCUT2D eigenvalue weighted by Gasteiger charge is 2.23. The SMILES string of the molecule is COc1ccccc1C(NC(=O)NCc1ccccc1Cl)c1nccn1C. The molecule has 0 radical (unpaired) electrons. The molecule has 3 aromatic rings. The molecule has 0 aliphatic heterocycles. The first kappa shape index (κ1) is 18.8. The number of halogens is 1. The first-order chi connectivity index (χ1) is 13.1. The molecule has 2 amide bonds. The van der Waals surface area contributed by atoms with Crippen molar-refractivity contribution in [2.75, 3.05) is 7.11 Å². The van der Waals surface area contributed by atoms with Crippen LogP contribution in [0.15, 0.2) is 60.9 Å². The number of urea groups is 1. The molecule has 0 aliphatic carbocycles. The molecule has 0 aliphatic rings. The second kappa shape index (κ2) is 8.60. The van der Waals surface area contributed by atoms with E-state index in [9.17, 15) is 4.79 Å². The van der Waals surface area contributed by atoms with Crippen LogP contribution in [0.4, 0.5) is 4.79 Å². The number of aromatic nitrogens is 2. The van der Waals surface area contributed by atoms with E-state index in [2.05, 4.69) is 15.6 Å². The van der Waals surface area contributed by atoms with Gasteiger partial charge >= 0.3 is 6.03 Å². The van der Waals surface area contributed by atoms with Gasteiger partial charge in [-0.15, -0.1) is 0 Å². The fourth-order valence-corrected chi connectivity index (χ4v) is 3.04. The maximum atomic E-state index is 12.6. The van der Waals surface area contributed by atoms with E-state index in [0.29, 0.717) is 23.1 Å². The van der Waals surface area contributed by atoms with Crippen LogP contribution in [0.1, 0.15) is 23.0 Å². The van der Waals surface area contributed by atoms with Crippen LogP contribution in [0.3, 0.4) is 0 Å². The molecule has 140 valence electrons. The van der Waals surface area contributed by atoms with Gasteiger partial charge in [0.1, 0.15) is 17.6 Å². The number of imidazole rings is 1. The number of hydrogen-bond acceptors (Lipinski definition) is 3. The third-order valence-corrected chi connectivity index (χ3v) is 4.61. The fourth-order valence-electron chi connectivity index (χ4n) is 2.84. The van der Waals surface area contributed by atoms with Gasteiger partial charge in [-0.1, -0.05) is 48.0 Å². The van der Waals surface area contributed by atoms with E-state index in [0.717, 1.165) is 11.1 Å². The quantitative estimate of drug-likeness (QED) is 0.681. The smallest absolute Gasteiger partial charge is 0.315 e. The molecule has 1 unspecified atom stereocenters. The molecule has 1 atom stereocenters. The van der Waals surface area contributed by atoms with Gasteiger partial charge < -0.3 is 19.9 Å². The van der Waals surface area contributed by atoms with Crippen LogP contribution in [-0.4, -0.2) is 22.7 Å². The third kappa shape index (κ3) is 4.41. The summed E-state index contributed by atoms with van der Waals surface area (Å²) in [5, 5.41) is 6.45. The Labute approximate surface area is 163 Å². The summed E-state index contributed by atoms with van der Waals surface area (Å²) in [5.74, 6) is 1.38. The second-order valence-electron chi connectivity index (χ2n) is 5.99. The van der Waals surface area contributed by atoms with E-state index in [1.807, 2.05) is 60.3 Å². The number of nitrogens with zero attached hydrogens (tertiary/aromatic N) is 2. The molecule has 6 nitrogen and oxygen atoms in total. The predicted octanol–water partition coefficient (Wildman–Crippen LogP) is 3.67. The van der Waals surface area contributed by atoms with E-state index in [-0.39, 0.29) is 6.03 Å². The van der Waals surface area contributed by atoms with Gasteiger partial charge in [-0.2, -0.15) is 0 Å². The van der Waals surface area contributed by atoms with Gasteiger partial charge in [0.2, 0.25) is 0 Å². The van der Waals surface area contributed by atoms with Crippen LogP contribution < -0.4 is 15.4 Å². The topological polar surface area (TPSA) is 68.2 Å². The number of hydrogen-bond donors (Lipinski definition) is 2. The standard InChI is InChI=1S/C20H21ClN4O2/c1-25-12-11-22-19(25)18(15-8-4-6-10-17(15)27-2)24-20(26)23-13-14-7-3-5-9-16(14)21/h3-12,18H,13H2,1-2H3,(H2,23,24,26). The number of rotatable bonds is 6. The highest BCUT2D eigenvalue weighted by atomic mass is 35.5. The van der Waals surface area contributed by atoms with Crippen LogP contribution >= 0.6 is 11.6 Å². The number of ether oxygens (including phenoxy) is 1. The maximum absolute atomic E-state index is 12.6. The number of nitrogens with one attached hydrogen (secondary N) is 2. The molecule has 2 N–H and O–H groups in total. The zero-order valence-electron chi connectivity index (χ0n) is 15.1. The normalized spacial score (nSPS) is 11.7. The van der Waals surface area contributed by atoms with Crippen molar-refractivity contribution in [2.45, 2.75) is 12.6 Å². The molecule has 0 saturated carbocycles. The van der Waals surface area contributed by atoms with E-state index in [4.69, 9.17) is 16.3 Å². The minimum absolute atomic E-state index is 0.324. The highest BCUT2D eigenvalue weighted by Crippen LogP contribution is 2.28. The lowest BCUT2D eigenvalue weighted by Crippen LogP contribution is -2.39. The number of carbonyl (C=O) groups excluding carboxylic acids is 1. The molecule has 7 heteroatoms. The van der Waals surface area contributed by atoms with Gasteiger partial charge in [-0.25, -0.2) is 9.78 Å². The number of benzene rings is 2. The second-order valence-corrected chi connectivity index (χ2v) is 6.40. The molecule has 1 aromatic heterocycles. The zero-order valence-corrected chi connectivity index (χ0v) is 15.9. The molecule has 3 rings (SSSR count). The lowest BCUT2D eigenvalue weighted by atomic mass is 10.0. The number of para-hydroxylation sites is 1. The summed E-state index contributed by atoms with van der Waals surface area (Å²) in [6.07, 6.45) is 3.53. The highest BCUT2D eigenvalue weighted by molar-refractivity contribution is 6.31. The Morgan fingerprint density at radius 1 is 1.22 bits per heavy atom. The van der Waals surface area contributed by atoms with Crippen molar-refractivity contribution in [1.29, 1.82) is 0 Å². The molecular weight excluding hydrogens is 364 g/mol. The van der Waals surface area contributed by atoms with Crippen LogP contribution in [0.5, 0.6) is 5.75 Å². The van der Waals surface area contributed by atoms with Crippen molar-refractivity contribution >= 4 is 17.6 Å². The molecule has 0 fully saturated rings. The van der Waals surface area contributed by atoms with Crippen molar-refractivity contribution in [3.8, 4) is 5.75 Å². The Bertz CT molecular complexity index is 926. The van der Waals surface area contributed by atoms with Crippen LogP contribution in [0, 0.1) is 0 Å². The van der Waals surface area contributed by atoms with Crippen LogP contribution in [-0.2, 0) is 13.6 Å². The summed E-state index contributed by atoms with van der Waals surface area (Å²) in [4.78, 5) is 17.0. The van der Waals surface area contributed by atoms with Crippen molar-refractivity contribution in [1.82, 2.24) is 20.2 Å². The molecule has 0 bridgehead atoms. The van der Waals surface area contributed by atoms with Gasteiger partial charge in [0.25, 0.3) is 0 Å². The molecule has 1 heterocycles. The molecule has 2 aromatic carbocycles. The fraction of sp³-hybridized carbons (Fsp3) is 0.200. The first-order valence-electron chi connectivity index (χ1n) is 8.48. The van der Waals surface area contributed by atoms with E-state index < -0.39 is 6.04 Å². The molecule has 27 heavy (non-hydrogen) atoms.